The van der Waals surface area contributed by atoms with Crippen LogP contribution in [-0.2, 0) is 6.42 Å². The first kappa shape index (κ1) is 19.7. The molecule has 3 aromatic rings. The van der Waals surface area contributed by atoms with E-state index in [0.717, 1.165) is 23.4 Å². The fourth-order valence-corrected chi connectivity index (χ4v) is 3.17. The van der Waals surface area contributed by atoms with Crippen molar-refractivity contribution < 1.29 is 9.53 Å². The lowest BCUT2D eigenvalue weighted by Gasteiger charge is -2.20. The number of anilines is 1. The summed E-state index contributed by atoms with van der Waals surface area (Å²) in [7, 11) is 1.62. The zero-order chi connectivity index (χ0) is 19.9. The Morgan fingerprint density at radius 1 is 0.929 bits per heavy atom. The predicted octanol–water partition coefficient (Wildman–Crippen LogP) is 5.99. The summed E-state index contributed by atoms with van der Waals surface area (Å²) in [4.78, 5) is 12.9. The van der Waals surface area contributed by atoms with E-state index in [1.54, 1.807) is 7.11 Å². The number of carbonyl (C=O) groups excluding carboxylic acids is 1. The second-order valence-electron chi connectivity index (χ2n) is 7.01. The molecule has 0 aliphatic heterocycles. The Bertz CT molecular complexity index is 897. The Hall–Kier alpha value is -3.07. The molecule has 0 spiro atoms. The Kier molecular flexibility index (Phi) is 6.49. The number of rotatable bonds is 8. The number of hydrogen-bond donors (Lipinski definition) is 1. The van der Waals surface area contributed by atoms with Gasteiger partial charge in [0.05, 0.1) is 13.2 Å². The summed E-state index contributed by atoms with van der Waals surface area (Å²) in [6.07, 6.45) is 1.39. The van der Waals surface area contributed by atoms with E-state index in [1.807, 2.05) is 24.3 Å². The van der Waals surface area contributed by atoms with Crippen molar-refractivity contribution in [3.63, 3.8) is 0 Å². The number of carbonyl (C=O) groups is 1. The maximum Gasteiger partial charge on any atom is 0.165 e. The van der Waals surface area contributed by atoms with Crippen molar-refractivity contribution in [3.8, 4) is 5.75 Å². The van der Waals surface area contributed by atoms with E-state index < -0.39 is 0 Å². The monoisotopic (exact) mass is 373 g/mol. The van der Waals surface area contributed by atoms with Gasteiger partial charge in [0.1, 0.15) is 5.75 Å². The highest BCUT2D eigenvalue weighted by molar-refractivity contribution is 5.96. The number of aryl methyl sites for hydroxylation is 2. The van der Waals surface area contributed by atoms with Crippen molar-refractivity contribution in [2.24, 2.45) is 0 Å². The minimum Gasteiger partial charge on any atom is -0.497 e. The van der Waals surface area contributed by atoms with Crippen LogP contribution in [0.15, 0.2) is 72.8 Å². The highest BCUT2D eigenvalue weighted by Crippen LogP contribution is 2.26. The Balaban J connectivity index is 1.82. The summed E-state index contributed by atoms with van der Waals surface area (Å²) in [5.74, 6) is 0.853. The maximum absolute atomic E-state index is 12.9. The normalized spacial score (nSPS) is 11.7. The van der Waals surface area contributed by atoms with Gasteiger partial charge in [0, 0.05) is 17.7 Å². The molecule has 144 valence electrons. The van der Waals surface area contributed by atoms with Gasteiger partial charge in [0.2, 0.25) is 0 Å². The average molecular weight is 373 g/mol. The van der Waals surface area contributed by atoms with Gasteiger partial charge in [0.25, 0.3) is 0 Å². The van der Waals surface area contributed by atoms with Crippen molar-refractivity contribution in [1.29, 1.82) is 0 Å². The van der Waals surface area contributed by atoms with Gasteiger partial charge in [-0.3, -0.25) is 4.79 Å². The number of Topliss-reactive ketones (excluding diaryl/α,β-unsaturated/α-hetero) is 1. The third kappa shape index (κ3) is 5.01. The smallest absolute Gasteiger partial charge is 0.165 e. The first-order valence-electron chi connectivity index (χ1n) is 9.68. The van der Waals surface area contributed by atoms with Crippen LogP contribution in [0.3, 0.4) is 0 Å². The molecule has 1 unspecified atom stereocenters. The molecule has 0 aromatic heterocycles. The number of benzene rings is 3. The average Bonchev–Trinajstić information content (AvgIpc) is 2.74. The third-order valence-electron chi connectivity index (χ3n) is 4.98. The standard InChI is InChI=1S/C25H27NO2/c1-4-19-7-13-22(14-8-19)26-24(20-9-5-18(2)6-10-20)17-25(27)21-11-15-23(28-3)16-12-21/h5-16,24,26H,4,17H2,1-3H3. The SMILES string of the molecule is CCc1ccc(NC(CC(=O)c2ccc(OC)cc2)c2ccc(C)cc2)cc1. The summed E-state index contributed by atoms with van der Waals surface area (Å²) >= 11 is 0. The van der Waals surface area contributed by atoms with E-state index in [-0.39, 0.29) is 11.8 Å². The van der Waals surface area contributed by atoms with Crippen LogP contribution < -0.4 is 10.1 Å². The van der Waals surface area contributed by atoms with Crippen molar-refractivity contribution >= 4 is 11.5 Å². The predicted molar refractivity (Wildman–Crippen MR) is 115 cm³/mol. The highest BCUT2D eigenvalue weighted by atomic mass is 16.5. The molecule has 0 bridgehead atoms. The molecule has 0 saturated carbocycles. The molecule has 28 heavy (non-hydrogen) atoms. The molecule has 3 nitrogen and oxygen atoms in total. The van der Waals surface area contributed by atoms with Gasteiger partial charge in [-0.15, -0.1) is 0 Å². The van der Waals surface area contributed by atoms with Crippen LogP contribution in [0.25, 0.3) is 0 Å². The van der Waals surface area contributed by atoms with E-state index in [1.165, 1.54) is 11.1 Å². The fraction of sp³-hybridized carbons (Fsp3) is 0.240. The van der Waals surface area contributed by atoms with E-state index in [2.05, 4.69) is 67.7 Å². The van der Waals surface area contributed by atoms with Gasteiger partial charge >= 0.3 is 0 Å². The first-order valence-corrected chi connectivity index (χ1v) is 9.68. The molecule has 0 aliphatic carbocycles. The lowest BCUT2D eigenvalue weighted by Crippen LogP contribution is -2.16. The number of ketones is 1. The van der Waals surface area contributed by atoms with Crippen LogP contribution in [0.1, 0.15) is 46.4 Å². The maximum atomic E-state index is 12.9. The molecule has 1 N–H and O–H groups in total. The molecule has 0 amide bonds. The Labute approximate surface area is 167 Å². The molecule has 0 saturated heterocycles. The summed E-state index contributed by atoms with van der Waals surface area (Å²) in [5.41, 5.74) is 5.32. The Morgan fingerprint density at radius 3 is 2.14 bits per heavy atom. The zero-order valence-electron chi connectivity index (χ0n) is 16.7. The van der Waals surface area contributed by atoms with Crippen LogP contribution in [0, 0.1) is 6.92 Å². The van der Waals surface area contributed by atoms with E-state index >= 15 is 0 Å². The summed E-state index contributed by atoms with van der Waals surface area (Å²) in [6, 6.07) is 24.0. The third-order valence-corrected chi connectivity index (χ3v) is 4.98. The largest absolute Gasteiger partial charge is 0.497 e. The number of ether oxygens (including phenoxy) is 1. The van der Waals surface area contributed by atoms with Crippen molar-refractivity contribution in [2.75, 3.05) is 12.4 Å². The molecule has 0 radical (unpaired) electrons. The lowest BCUT2D eigenvalue weighted by molar-refractivity contribution is 0.0976. The Morgan fingerprint density at radius 2 is 1.57 bits per heavy atom. The quantitative estimate of drug-likeness (QED) is 0.493. The van der Waals surface area contributed by atoms with Gasteiger partial charge in [0.15, 0.2) is 5.78 Å². The van der Waals surface area contributed by atoms with Crippen LogP contribution in [0.4, 0.5) is 5.69 Å². The number of nitrogens with one attached hydrogen (secondary N) is 1. The molecule has 0 aliphatic rings. The lowest BCUT2D eigenvalue weighted by atomic mass is 9.96. The van der Waals surface area contributed by atoms with Crippen molar-refractivity contribution in [2.45, 2.75) is 32.7 Å². The van der Waals surface area contributed by atoms with E-state index in [4.69, 9.17) is 4.74 Å². The topological polar surface area (TPSA) is 38.3 Å². The summed E-state index contributed by atoms with van der Waals surface area (Å²) < 4.78 is 5.18. The molecular formula is C25H27NO2. The second kappa shape index (κ2) is 9.23. The highest BCUT2D eigenvalue weighted by Gasteiger charge is 2.17. The molecule has 0 fully saturated rings. The molecule has 0 heterocycles. The minimum absolute atomic E-state index is 0.0947. The summed E-state index contributed by atoms with van der Waals surface area (Å²) in [6.45, 7) is 4.21. The number of hydrogen-bond acceptors (Lipinski definition) is 3. The van der Waals surface area contributed by atoms with Crippen molar-refractivity contribution in [1.82, 2.24) is 0 Å². The van der Waals surface area contributed by atoms with Crippen LogP contribution in [0.2, 0.25) is 0 Å². The van der Waals surface area contributed by atoms with Gasteiger partial charge in [-0.05, 0) is 60.9 Å². The van der Waals surface area contributed by atoms with E-state index in [0.29, 0.717) is 12.0 Å². The van der Waals surface area contributed by atoms with Crippen LogP contribution >= 0.6 is 0 Å². The van der Waals surface area contributed by atoms with Crippen molar-refractivity contribution in [3.05, 3.63) is 95.1 Å². The molecule has 1 atom stereocenters. The van der Waals surface area contributed by atoms with E-state index in [9.17, 15) is 4.79 Å². The zero-order valence-corrected chi connectivity index (χ0v) is 16.7. The van der Waals surface area contributed by atoms with Gasteiger partial charge in [-0.1, -0.05) is 48.9 Å². The van der Waals surface area contributed by atoms with Crippen LogP contribution in [0.5, 0.6) is 5.75 Å². The number of methoxy groups -OCH3 is 1. The van der Waals surface area contributed by atoms with Gasteiger partial charge in [-0.25, -0.2) is 0 Å². The minimum atomic E-state index is -0.0947. The fourth-order valence-electron chi connectivity index (χ4n) is 3.17. The molecule has 3 rings (SSSR count). The molecule has 3 heteroatoms. The molecule has 3 aromatic carbocycles. The molecular weight excluding hydrogens is 346 g/mol. The summed E-state index contributed by atoms with van der Waals surface area (Å²) in [5, 5.41) is 3.54. The first-order chi connectivity index (χ1) is 13.6. The van der Waals surface area contributed by atoms with Crippen LogP contribution in [-0.4, -0.2) is 12.9 Å². The van der Waals surface area contributed by atoms with Gasteiger partial charge in [-0.2, -0.15) is 0 Å². The van der Waals surface area contributed by atoms with Gasteiger partial charge < -0.3 is 10.1 Å². The second-order valence-corrected chi connectivity index (χ2v) is 7.01.